The van der Waals surface area contributed by atoms with E-state index in [-0.39, 0.29) is 23.8 Å². The van der Waals surface area contributed by atoms with Gasteiger partial charge in [0.2, 0.25) is 11.8 Å². The van der Waals surface area contributed by atoms with Crippen molar-refractivity contribution < 1.29 is 14.3 Å². The van der Waals surface area contributed by atoms with Gasteiger partial charge in [0, 0.05) is 25.6 Å². The van der Waals surface area contributed by atoms with E-state index in [9.17, 15) is 9.59 Å². The van der Waals surface area contributed by atoms with Gasteiger partial charge in [-0.3, -0.25) is 9.59 Å². The number of rotatable bonds is 2. The average molecular weight is 268 g/mol. The van der Waals surface area contributed by atoms with Crippen LogP contribution in [0.2, 0.25) is 0 Å². The van der Waals surface area contributed by atoms with Gasteiger partial charge in [-0.25, -0.2) is 0 Å². The van der Waals surface area contributed by atoms with E-state index in [0.717, 1.165) is 25.8 Å². The molecule has 0 bridgehead atoms. The summed E-state index contributed by atoms with van der Waals surface area (Å²) in [5.74, 6) is 0.168. The molecule has 2 aliphatic heterocycles. The van der Waals surface area contributed by atoms with Crippen molar-refractivity contribution in [3.05, 3.63) is 0 Å². The molecule has 5 nitrogen and oxygen atoms in total. The van der Waals surface area contributed by atoms with Crippen LogP contribution in [-0.4, -0.2) is 60.5 Å². The Bertz CT molecular complexity index is 338. The normalized spacial score (nSPS) is 24.7. The lowest BCUT2D eigenvalue weighted by Crippen LogP contribution is -2.55. The van der Waals surface area contributed by atoms with Crippen LogP contribution in [0.4, 0.5) is 0 Å². The molecule has 0 aromatic carbocycles. The quantitative estimate of drug-likeness (QED) is 0.747. The Balaban J connectivity index is 2.05. The summed E-state index contributed by atoms with van der Waals surface area (Å²) in [6.45, 7) is 7.03. The SMILES string of the molecule is CC(C)C(=O)N1CCCCC1C(=O)N1CCOCC1. The summed E-state index contributed by atoms with van der Waals surface area (Å²) in [6.07, 6.45) is 2.84. The van der Waals surface area contributed by atoms with Gasteiger partial charge in [0.25, 0.3) is 0 Å². The maximum Gasteiger partial charge on any atom is 0.245 e. The number of ether oxygens (including phenoxy) is 1. The summed E-state index contributed by atoms with van der Waals surface area (Å²) >= 11 is 0. The first-order valence-corrected chi connectivity index (χ1v) is 7.28. The van der Waals surface area contributed by atoms with Crippen LogP contribution in [0.25, 0.3) is 0 Å². The zero-order valence-electron chi connectivity index (χ0n) is 11.9. The molecule has 0 radical (unpaired) electrons. The number of hydrogen-bond acceptors (Lipinski definition) is 3. The molecule has 5 heteroatoms. The molecular formula is C14H24N2O3. The predicted octanol–water partition coefficient (Wildman–Crippen LogP) is 0.882. The second-order valence-electron chi connectivity index (χ2n) is 5.64. The molecule has 0 aromatic rings. The fourth-order valence-corrected chi connectivity index (χ4v) is 2.78. The van der Waals surface area contributed by atoms with Crippen molar-refractivity contribution in [2.75, 3.05) is 32.8 Å². The van der Waals surface area contributed by atoms with E-state index < -0.39 is 0 Å². The third-order valence-electron chi connectivity index (χ3n) is 3.89. The molecule has 0 spiro atoms. The van der Waals surface area contributed by atoms with E-state index in [1.165, 1.54) is 0 Å². The smallest absolute Gasteiger partial charge is 0.245 e. The number of nitrogens with zero attached hydrogens (tertiary/aromatic N) is 2. The number of carbonyl (C=O) groups is 2. The highest BCUT2D eigenvalue weighted by molar-refractivity contribution is 5.88. The van der Waals surface area contributed by atoms with Crippen LogP contribution in [0, 0.1) is 5.92 Å². The number of likely N-dealkylation sites (tertiary alicyclic amines) is 1. The van der Waals surface area contributed by atoms with E-state index in [4.69, 9.17) is 4.74 Å². The molecule has 0 aliphatic carbocycles. The number of amides is 2. The zero-order chi connectivity index (χ0) is 13.8. The van der Waals surface area contributed by atoms with Crippen molar-refractivity contribution in [2.45, 2.75) is 39.2 Å². The molecule has 108 valence electrons. The van der Waals surface area contributed by atoms with Gasteiger partial charge in [0.05, 0.1) is 13.2 Å². The van der Waals surface area contributed by atoms with Crippen molar-refractivity contribution in [1.82, 2.24) is 9.80 Å². The van der Waals surface area contributed by atoms with Crippen LogP contribution in [0.5, 0.6) is 0 Å². The van der Waals surface area contributed by atoms with Crippen molar-refractivity contribution in [3.63, 3.8) is 0 Å². The maximum atomic E-state index is 12.6. The predicted molar refractivity (Wildman–Crippen MR) is 71.6 cm³/mol. The van der Waals surface area contributed by atoms with E-state index in [1.807, 2.05) is 18.7 Å². The fraction of sp³-hybridized carbons (Fsp3) is 0.857. The molecule has 1 atom stereocenters. The van der Waals surface area contributed by atoms with Crippen molar-refractivity contribution >= 4 is 11.8 Å². The highest BCUT2D eigenvalue weighted by atomic mass is 16.5. The topological polar surface area (TPSA) is 49.9 Å². The monoisotopic (exact) mass is 268 g/mol. The van der Waals surface area contributed by atoms with E-state index >= 15 is 0 Å². The minimum absolute atomic E-state index is 0.0434. The molecule has 2 amide bonds. The Kier molecular flexibility index (Phi) is 4.80. The third kappa shape index (κ3) is 3.26. The first-order valence-electron chi connectivity index (χ1n) is 7.28. The minimum Gasteiger partial charge on any atom is -0.378 e. The molecule has 2 heterocycles. The summed E-state index contributed by atoms with van der Waals surface area (Å²) in [6, 6.07) is -0.248. The lowest BCUT2D eigenvalue weighted by molar-refractivity contribution is -0.151. The molecule has 1 unspecified atom stereocenters. The van der Waals surface area contributed by atoms with Crippen LogP contribution in [-0.2, 0) is 14.3 Å². The molecule has 2 aliphatic rings. The minimum atomic E-state index is -0.248. The van der Waals surface area contributed by atoms with Gasteiger partial charge in [-0.2, -0.15) is 0 Å². The maximum absolute atomic E-state index is 12.6. The Morgan fingerprint density at radius 2 is 1.79 bits per heavy atom. The second kappa shape index (κ2) is 6.37. The summed E-state index contributed by atoms with van der Waals surface area (Å²) in [5, 5.41) is 0. The number of hydrogen-bond donors (Lipinski definition) is 0. The van der Waals surface area contributed by atoms with Gasteiger partial charge in [0.1, 0.15) is 6.04 Å². The summed E-state index contributed by atoms with van der Waals surface area (Å²) in [7, 11) is 0. The first kappa shape index (κ1) is 14.3. The Hall–Kier alpha value is -1.10. The number of piperidine rings is 1. The van der Waals surface area contributed by atoms with Crippen molar-refractivity contribution in [2.24, 2.45) is 5.92 Å². The largest absolute Gasteiger partial charge is 0.378 e. The fourth-order valence-electron chi connectivity index (χ4n) is 2.78. The van der Waals surface area contributed by atoms with Crippen LogP contribution in [0.1, 0.15) is 33.1 Å². The summed E-state index contributed by atoms with van der Waals surface area (Å²) in [5.41, 5.74) is 0. The first-order chi connectivity index (χ1) is 9.11. The van der Waals surface area contributed by atoms with Crippen LogP contribution < -0.4 is 0 Å². The summed E-state index contributed by atoms with van der Waals surface area (Å²) in [4.78, 5) is 28.4. The van der Waals surface area contributed by atoms with Crippen molar-refractivity contribution in [3.8, 4) is 0 Å². The van der Waals surface area contributed by atoms with Gasteiger partial charge in [-0.15, -0.1) is 0 Å². The third-order valence-corrected chi connectivity index (χ3v) is 3.89. The Labute approximate surface area is 114 Å². The van der Waals surface area contributed by atoms with Gasteiger partial charge in [-0.1, -0.05) is 13.8 Å². The molecule has 2 rings (SSSR count). The van der Waals surface area contributed by atoms with Crippen LogP contribution in [0.3, 0.4) is 0 Å². The lowest BCUT2D eigenvalue weighted by atomic mass is 9.98. The van der Waals surface area contributed by atoms with Gasteiger partial charge < -0.3 is 14.5 Å². The van der Waals surface area contributed by atoms with Gasteiger partial charge in [-0.05, 0) is 19.3 Å². The van der Waals surface area contributed by atoms with Gasteiger partial charge >= 0.3 is 0 Å². The average Bonchev–Trinajstić information content (AvgIpc) is 2.46. The lowest BCUT2D eigenvalue weighted by Gasteiger charge is -2.39. The summed E-state index contributed by atoms with van der Waals surface area (Å²) < 4.78 is 5.28. The zero-order valence-corrected chi connectivity index (χ0v) is 11.9. The number of morpholine rings is 1. The molecular weight excluding hydrogens is 244 g/mol. The molecule has 0 aromatic heterocycles. The van der Waals surface area contributed by atoms with E-state index in [0.29, 0.717) is 26.3 Å². The highest BCUT2D eigenvalue weighted by Gasteiger charge is 2.35. The van der Waals surface area contributed by atoms with E-state index in [2.05, 4.69) is 0 Å². The Morgan fingerprint density at radius 1 is 1.11 bits per heavy atom. The molecule has 2 fully saturated rings. The van der Waals surface area contributed by atoms with Crippen molar-refractivity contribution in [1.29, 1.82) is 0 Å². The van der Waals surface area contributed by atoms with Crippen LogP contribution in [0.15, 0.2) is 0 Å². The van der Waals surface area contributed by atoms with Gasteiger partial charge in [0.15, 0.2) is 0 Å². The molecule has 19 heavy (non-hydrogen) atoms. The molecule has 0 N–H and O–H groups in total. The second-order valence-corrected chi connectivity index (χ2v) is 5.64. The molecule has 2 saturated heterocycles. The standard InChI is InChI=1S/C14H24N2O3/c1-11(2)13(17)16-6-4-3-5-12(16)14(18)15-7-9-19-10-8-15/h11-12H,3-10H2,1-2H3. The highest BCUT2D eigenvalue weighted by Crippen LogP contribution is 2.21. The van der Waals surface area contributed by atoms with E-state index in [1.54, 1.807) is 4.90 Å². The molecule has 0 saturated carbocycles. The number of carbonyl (C=O) groups excluding carboxylic acids is 2. The Morgan fingerprint density at radius 3 is 2.42 bits per heavy atom. The van der Waals surface area contributed by atoms with Crippen LogP contribution >= 0.6 is 0 Å².